The molecule has 5 heteroatoms. The minimum atomic E-state index is -0.270. The van der Waals surface area contributed by atoms with Crippen molar-refractivity contribution in [3.8, 4) is 0 Å². The smallest absolute Gasteiger partial charge is 0.178 e. The van der Waals surface area contributed by atoms with Crippen molar-refractivity contribution in [3.63, 3.8) is 0 Å². The van der Waals surface area contributed by atoms with Gasteiger partial charge in [-0.1, -0.05) is 6.07 Å². The Labute approximate surface area is 114 Å². The number of aromatic amines is 1. The molecular weight excluding hydrogens is 261 g/mol. The molecule has 0 atom stereocenters. The number of halogens is 1. The third-order valence-corrected chi connectivity index (χ3v) is 3.37. The molecule has 0 aliphatic rings. The first-order valence-electron chi connectivity index (χ1n) is 5.93. The van der Waals surface area contributed by atoms with Crippen LogP contribution >= 0.6 is 12.2 Å². The third-order valence-electron chi connectivity index (χ3n) is 3.05. The van der Waals surface area contributed by atoms with Gasteiger partial charge in [-0.05, 0) is 49.0 Å². The molecule has 0 fully saturated rings. The standard InChI is InChI=1S/C14H12FN3S/c1-9-2-3-10(7-16-9)8-18-13-5-4-11(15)6-12(13)17-14(18)19/h2-7H,8H2,1H3,(H,17,19). The molecule has 0 aliphatic heterocycles. The summed E-state index contributed by atoms with van der Waals surface area (Å²) >= 11 is 5.29. The predicted octanol–water partition coefficient (Wildman–Crippen LogP) is 3.59. The normalized spacial score (nSPS) is 11.1. The molecule has 0 bridgehead atoms. The topological polar surface area (TPSA) is 33.6 Å². The largest absolute Gasteiger partial charge is 0.330 e. The number of aryl methyl sites for hydroxylation is 1. The Morgan fingerprint density at radius 2 is 2.16 bits per heavy atom. The van der Waals surface area contributed by atoms with E-state index in [2.05, 4.69) is 9.97 Å². The van der Waals surface area contributed by atoms with Crippen molar-refractivity contribution >= 4 is 23.3 Å². The predicted molar refractivity (Wildman–Crippen MR) is 75.2 cm³/mol. The molecule has 0 unspecified atom stereocenters. The van der Waals surface area contributed by atoms with Crippen LogP contribution in [0.4, 0.5) is 4.39 Å². The van der Waals surface area contributed by atoms with Crippen molar-refractivity contribution in [2.75, 3.05) is 0 Å². The number of H-pyrrole nitrogens is 1. The fraction of sp³-hybridized carbons (Fsp3) is 0.143. The van der Waals surface area contributed by atoms with Crippen LogP contribution < -0.4 is 0 Å². The number of rotatable bonds is 2. The van der Waals surface area contributed by atoms with Gasteiger partial charge in [0.25, 0.3) is 0 Å². The van der Waals surface area contributed by atoms with Crippen LogP contribution in [0, 0.1) is 17.5 Å². The zero-order valence-electron chi connectivity index (χ0n) is 10.4. The van der Waals surface area contributed by atoms with Crippen LogP contribution in [0.15, 0.2) is 36.5 Å². The first-order chi connectivity index (χ1) is 9.13. The first kappa shape index (κ1) is 12.0. The Balaban J connectivity index is 2.07. The molecule has 0 spiro atoms. The summed E-state index contributed by atoms with van der Waals surface area (Å²) in [6.07, 6.45) is 1.83. The van der Waals surface area contributed by atoms with Crippen LogP contribution in [0.2, 0.25) is 0 Å². The molecule has 0 radical (unpaired) electrons. The molecule has 1 N–H and O–H groups in total. The van der Waals surface area contributed by atoms with Crippen LogP contribution in [-0.2, 0) is 6.54 Å². The quantitative estimate of drug-likeness (QED) is 0.724. The minimum absolute atomic E-state index is 0.270. The van der Waals surface area contributed by atoms with Crippen molar-refractivity contribution in [2.24, 2.45) is 0 Å². The van der Waals surface area contributed by atoms with Gasteiger partial charge in [-0.25, -0.2) is 4.39 Å². The van der Waals surface area contributed by atoms with Gasteiger partial charge in [0.15, 0.2) is 4.77 Å². The highest BCUT2D eigenvalue weighted by Gasteiger charge is 2.06. The number of imidazole rings is 1. The second kappa shape index (κ2) is 4.59. The summed E-state index contributed by atoms with van der Waals surface area (Å²) in [6, 6.07) is 8.61. The lowest BCUT2D eigenvalue weighted by Crippen LogP contribution is -2.00. The zero-order valence-corrected chi connectivity index (χ0v) is 11.2. The van der Waals surface area contributed by atoms with E-state index in [4.69, 9.17) is 12.2 Å². The first-order valence-corrected chi connectivity index (χ1v) is 6.34. The Hall–Kier alpha value is -2.01. The van der Waals surface area contributed by atoms with Crippen molar-refractivity contribution < 1.29 is 4.39 Å². The van der Waals surface area contributed by atoms with Gasteiger partial charge in [0.2, 0.25) is 0 Å². The lowest BCUT2D eigenvalue weighted by molar-refractivity contribution is 0.629. The van der Waals surface area contributed by atoms with E-state index in [1.165, 1.54) is 12.1 Å². The van der Waals surface area contributed by atoms with Crippen molar-refractivity contribution in [3.05, 3.63) is 58.4 Å². The Morgan fingerprint density at radius 3 is 2.89 bits per heavy atom. The number of hydrogen-bond donors (Lipinski definition) is 1. The molecule has 3 nitrogen and oxygen atoms in total. The molecule has 0 aliphatic carbocycles. The number of nitrogens with one attached hydrogen (secondary N) is 1. The summed E-state index contributed by atoms with van der Waals surface area (Å²) in [7, 11) is 0. The lowest BCUT2D eigenvalue weighted by Gasteiger charge is -2.04. The molecule has 1 aromatic carbocycles. The highest BCUT2D eigenvalue weighted by molar-refractivity contribution is 7.71. The van der Waals surface area contributed by atoms with Crippen LogP contribution in [-0.4, -0.2) is 14.5 Å². The van der Waals surface area contributed by atoms with E-state index in [1.54, 1.807) is 6.07 Å². The Bertz CT molecular complexity index is 787. The average Bonchev–Trinajstić information content (AvgIpc) is 2.68. The van der Waals surface area contributed by atoms with Crippen molar-refractivity contribution in [1.29, 1.82) is 0 Å². The molecule has 2 aromatic heterocycles. The number of aromatic nitrogens is 3. The number of nitrogens with zero attached hydrogens (tertiary/aromatic N) is 2. The van der Waals surface area contributed by atoms with E-state index in [1.807, 2.05) is 29.8 Å². The van der Waals surface area contributed by atoms with E-state index in [0.717, 1.165) is 16.8 Å². The van der Waals surface area contributed by atoms with Gasteiger partial charge >= 0.3 is 0 Å². The van der Waals surface area contributed by atoms with Gasteiger partial charge in [-0.2, -0.15) is 0 Å². The number of pyridine rings is 1. The highest BCUT2D eigenvalue weighted by atomic mass is 32.1. The maximum Gasteiger partial charge on any atom is 0.178 e. The molecule has 96 valence electrons. The van der Waals surface area contributed by atoms with Crippen LogP contribution in [0.3, 0.4) is 0 Å². The molecule has 19 heavy (non-hydrogen) atoms. The van der Waals surface area contributed by atoms with Gasteiger partial charge < -0.3 is 9.55 Å². The van der Waals surface area contributed by atoms with E-state index in [9.17, 15) is 4.39 Å². The summed E-state index contributed by atoms with van der Waals surface area (Å²) in [5, 5.41) is 0. The molecular formula is C14H12FN3S. The van der Waals surface area contributed by atoms with E-state index in [0.29, 0.717) is 16.8 Å². The Kier molecular flexibility index (Phi) is 2.91. The van der Waals surface area contributed by atoms with E-state index < -0.39 is 0 Å². The third kappa shape index (κ3) is 2.29. The maximum absolute atomic E-state index is 13.2. The summed E-state index contributed by atoms with van der Waals surface area (Å²) in [5.41, 5.74) is 3.65. The maximum atomic E-state index is 13.2. The summed E-state index contributed by atoms with van der Waals surface area (Å²) in [4.78, 5) is 7.28. The molecule has 3 aromatic rings. The van der Waals surface area contributed by atoms with Crippen molar-refractivity contribution in [2.45, 2.75) is 13.5 Å². The summed E-state index contributed by atoms with van der Waals surface area (Å²) in [6.45, 7) is 2.57. The Morgan fingerprint density at radius 1 is 1.32 bits per heavy atom. The molecule has 2 heterocycles. The van der Waals surface area contributed by atoms with Gasteiger partial charge in [0.1, 0.15) is 5.82 Å². The van der Waals surface area contributed by atoms with Crippen LogP contribution in [0.1, 0.15) is 11.3 Å². The van der Waals surface area contributed by atoms with E-state index in [-0.39, 0.29) is 5.82 Å². The second-order valence-electron chi connectivity index (χ2n) is 4.49. The molecule has 0 amide bonds. The average molecular weight is 273 g/mol. The molecule has 0 saturated carbocycles. The zero-order chi connectivity index (χ0) is 13.4. The van der Waals surface area contributed by atoms with Gasteiger partial charge in [0, 0.05) is 11.9 Å². The summed E-state index contributed by atoms with van der Waals surface area (Å²) < 4.78 is 15.7. The fourth-order valence-electron chi connectivity index (χ4n) is 2.07. The number of hydrogen-bond acceptors (Lipinski definition) is 2. The van der Waals surface area contributed by atoms with Gasteiger partial charge in [0.05, 0.1) is 17.6 Å². The van der Waals surface area contributed by atoms with Gasteiger partial charge in [-0.15, -0.1) is 0 Å². The summed E-state index contributed by atoms with van der Waals surface area (Å²) in [5.74, 6) is -0.270. The van der Waals surface area contributed by atoms with E-state index >= 15 is 0 Å². The minimum Gasteiger partial charge on any atom is -0.330 e. The van der Waals surface area contributed by atoms with Crippen LogP contribution in [0.25, 0.3) is 11.0 Å². The van der Waals surface area contributed by atoms with Gasteiger partial charge in [-0.3, -0.25) is 4.98 Å². The molecule has 0 saturated heterocycles. The van der Waals surface area contributed by atoms with Crippen molar-refractivity contribution in [1.82, 2.24) is 14.5 Å². The SMILES string of the molecule is Cc1ccc(Cn2c(=S)[nH]c3cc(F)ccc32)cn1. The van der Waals surface area contributed by atoms with Crippen LogP contribution in [0.5, 0.6) is 0 Å². The molecule has 3 rings (SSSR count). The lowest BCUT2D eigenvalue weighted by atomic mass is 10.2. The number of benzene rings is 1. The number of fused-ring (bicyclic) bond motifs is 1. The second-order valence-corrected chi connectivity index (χ2v) is 4.87. The highest BCUT2D eigenvalue weighted by Crippen LogP contribution is 2.17. The fourth-order valence-corrected chi connectivity index (χ4v) is 2.34. The monoisotopic (exact) mass is 273 g/mol.